The number of aromatic hydroxyl groups is 1. The Kier molecular flexibility index (Phi) is 9.06. The molecule has 1 heterocycles. The smallest absolute Gasteiger partial charge is 0.191 e. The molecule has 24 heavy (non-hydrogen) atoms. The summed E-state index contributed by atoms with van der Waals surface area (Å²) in [4.78, 5) is 4.51. The number of ether oxygens (including phenoxy) is 1. The SMILES string of the molecule is CCNC(=NCc1ccc(OC)c(O)c1)NCCc1ccco1.I. The van der Waals surface area contributed by atoms with Gasteiger partial charge in [-0.15, -0.1) is 24.0 Å². The van der Waals surface area contributed by atoms with E-state index in [4.69, 9.17) is 9.15 Å². The molecule has 0 aliphatic rings. The molecule has 0 amide bonds. The maximum atomic E-state index is 9.79. The lowest BCUT2D eigenvalue weighted by Crippen LogP contribution is -2.38. The first-order valence-corrected chi connectivity index (χ1v) is 7.63. The number of benzene rings is 1. The van der Waals surface area contributed by atoms with Gasteiger partial charge in [-0.1, -0.05) is 6.07 Å². The molecule has 0 spiro atoms. The maximum Gasteiger partial charge on any atom is 0.191 e. The van der Waals surface area contributed by atoms with Gasteiger partial charge in [-0.25, -0.2) is 4.99 Å². The number of nitrogens with zero attached hydrogens (tertiary/aromatic N) is 1. The molecule has 0 radical (unpaired) electrons. The number of rotatable bonds is 7. The largest absolute Gasteiger partial charge is 0.504 e. The summed E-state index contributed by atoms with van der Waals surface area (Å²) < 4.78 is 10.3. The van der Waals surface area contributed by atoms with Crippen molar-refractivity contribution in [3.05, 3.63) is 47.9 Å². The molecule has 0 fully saturated rings. The number of hydrogen-bond acceptors (Lipinski definition) is 4. The van der Waals surface area contributed by atoms with Crippen LogP contribution in [0.2, 0.25) is 0 Å². The Morgan fingerprint density at radius 1 is 1.29 bits per heavy atom. The zero-order valence-electron chi connectivity index (χ0n) is 13.9. The van der Waals surface area contributed by atoms with E-state index in [1.54, 1.807) is 18.4 Å². The van der Waals surface area contributed by atoms with Crippen LogP contribution in [0.25, 0.3) is 0 Å². The molecule has 1 aromatic carbocycles. The average Bonchev–Trinajstić information content (AvgIpc) is 3.06. The molecule has 6 nitrogen and oxygen atoms in total. The first-order chi connectivity index (χ1) is 11.2. The molecule has 3 N–H and O–H groups in total. The molecule has 0 unspecified atom stereocenters. The molecule has 132 valence electrons. The second-order valence-corrected chi connectivity index (χ2v) is 4.96. The number of halogens is 1. The first kappa shape index (κ1) is 20.1. The lowest BCUT2D eigenvalue weighted by Gasteiger charge is -2.11. The lowest BCUT2D eigenvalue weighted by atomic mass is 10.2. The number of aliphatic imine (C=N–C) groups is 1. The molecule has 7 heteroatoms. The van der Waals surface area contributed by atoms with Gasteiger partial charge in [0.15, 0.2) is 17.5 Å². The van der Waals surface area contributed by atoms with Crippen LogP contribution in [0.1, 0.15) is 18.2 Å². The van der Waals surface area contributed by atoms with Crippen molar-refractivity contribution in [3.8, 4) is 11.5 Å². The Hall–Kier alpha value is -1.90. The molecule has 0 aliphatic heterocycles. The van der Waals surface area contributed by atoms with Gasteiger partial charge in [0, 0.05) is 19.5 Å². The fraction of sp³-hybridized carbons (Fsp3) is 0.353. The van der Waals surface area contributed by atoms with Crippen LogP contribution >= 0.6 is 24.0 Å². The van der Waals surface area contributed by atoms with Crippen molar-refractivity contribution in [1.29, 1.82) is 0 Å². The van der Waals surface area contributed by atoms with Crippen LogP contribution in [0, 0.1) is 0 Å². The van der Waals surface area contributed by atoms with E-state index in [0.717, 1.165) is 36.8 Å². The maximum absolute atomic E-state index is 9.79. The number of hydrogen-bond donors (Lipinski definition) is 3. The lowest BCUT2D eigenvalue weighted by molar-refractivity contribution is 0.373. The van der Waals surface area contributed by atoms with Gasteiger partial charge in [-0.05, 0) is 36.8 Å². The minimum atomic E-state index is 0. The van der Waals surface area contributed by atoms with E-state index in [1.165, 1.54) is 7.11 Å². The predicted octanol–water partition coefficient (Wildman–Crippen LogP) is 2.91. The topological polar surface area (TPSA) is 79.0 Å². The normalized spacial score (nSPS) is 10.8. The van der Waals surface area contributed by atoms with Crippen molar-refractivity contribution in [2.45, 2.75) is 19.9 Å². The Labute approximate surface area is 159 Å². The molecular weight excluding hydrogens is 421 g/mol. The third-order valence-corrected chi connectivity index (χ3v) is 3.25. The van der Waals surface area contributed by atoms with Gasteiger partial charge in [0.05, 0.1) is 19.9 Å². The van der Waals surface area contributed by atoms with Crippen molar-refractivity contribution in [2.24, 2.45) is 4.99 Å². The number of phenols is 1. The summed E-state index contributed by atoms with van der Waals surface area (Å²) in [6.45, 7) is 3.99. The standard InChI is InChI=1S/C17H23N3O3.HI/c1-3-18-17(19-9-8-14-5-4-10-23-14)20-12-13-6-7-16(22-2)15(21)11-13;/h4-7,10-11,21H,3,8-9,12H2,1-2H3,(H2,18,19,20);1H. The van der Waals surface area contributed by atoms with Crippen LogP contribution in [0.4, 0.5) is 0 Å². The third-order valence-electron chi connectivity index (χ3n) is 3.25. The fourth-order valence-electron chi connectivity index (χ4n) is 2.10. The summed E-state index contributed by atoms with van der Waals surface area (Å²) in [6.07, 6.45) is 2.46. The monoisotopic (exact) mass is 445 g/mol. The second-order valence-electron chi connectivity index (χ2n) is 4.96. The van der Waals surface area contributed by atoms with Crippen molar-refractivity contribution < 1.29 is 14.3 Å². The zero-order valence-corrected chi connectivity index (χ0v) is 16.2. The molecule has 0 saturated carbocycles. The van der Waals surface area contributed by atoms with E-state index >= 15 is 0 Å². The highest BCUT2D eigenvalue weighted by Crippen LogP contribution is 2.26. The van der Waals surface area contributed by atoms with Crippen molar-refractivity contribution in [1.82, 2.24) is 10.6 Å². The number of nitrogens with one attached hydrogen (secondary N) is 2. The molecule has 0 saturated heterocycles. The van der Waals surface area contributed by atoms with Crippen molar-refractivity contribution >= 4 is 29.9 Å². The number of methoxy groups -OCH3 is 1. The molecule has 0 bridgehead atoms. The van der Waals surface area contributed by atoms with Gasteiger partial charge in [-0.3, -0.25) is 0 Å². The van der Waals surface area contributed by atoms with E-state index in [-0.39, 0.29) is 29.7 Å². The summed E-state index contributed by atoms with van der Waals surface area (Å²) in [7, 11) is 1.53. The minimum absolute atomic E-state index is 0. The number of furan rings is 1. The Morgan fingerprint density at radius 3 is 2.75 bits per heavy atom. The van der Waals surface area contributed by atoms with Crippen LogP contribution in [0.15, 0.2) is 46.0 Å². The molecular formula is C17H24IN3O3. The molecule has 2 rings (SSSR count). The summed E-state index contributed by atoms with van der Waals surface area (Å²) in [6, 6.07) is 9.11. The van der Waals surface area contributed by atoms with E-state index in [1.807, 2.05) is 25.1 Å². The van der Waals surface area contributed by atoms with Gasteiger partial charge in [-0.2, -0.15) is 0 Å². The summed E-state index contributed by atoms with van der Waals surface area (Å²) >= 11 is 0. The van der Waals surface area contributed by atoms with Gasteiger partial charge in [0.2, 0.25) is 0 Å². The number of guanidine groups is 1. The van der Waals surface area contributed by atoms with Crippen LogP contribution in [0.5, 0.6) is 11.5 Å². The van der Waals surface area contributed by atoms with Crippen LogP contribution in [0.3, 0.4) is 0 Å². The van der Waals surface area contributed by atoms with E-state index in [0.29, 0.717) is 12.3 Å². The quantitative estimate of drug-likeness (QED) is 0.347. The van der Waals surface area contributed by atoms with Gasteiger partial charge in [0.25, 0.3) is 0 Å². The first-order valence-electron chi connectivity index (χ1n) is 7.63. The van der Waals surface area contributed by atoms with Gasteiger partial charge in [0.1, 0.15) is 5.76 Å². The highest BCUT2D eigenvalue weighted by atomic mass is 127. The summed E-state index contributed by atoms with van der Waals surface area (Å²) in [5.74, 6) is 2.25. The molecule has 0 aliphatic carbocycles. The molecule has 0 atom stereocenters. The second kappa shape index (κ2) is 10.8. The third kappa shape index (κ3) is 6.31. The number of phenolic OH excluding ortho intramolecular Hbond substituents is 1. The van der Waals surface area contributed by atoms with E-state index in [9.17, 15) is 5.11 Å². The van der Waals surface area contributed by atoms with Crippen LogP contribution in [-0.2, 0) is 13.0 Å². The van der Waals surface area contributed by atoms with Crippen molar-refractivity contribution in [3.63, 3.8) is 0 Å². The molecule has 2 aromatic rings. The van der Waals surface area contributed by atoms with E-state index < -0.39 is 0 Å². The van der Waals surface area contributed by atoms with Crippen LogP contribution < -0.4 is 15.4 Å². The van der Waals surface area contributed by atoms with Crippen LogP contribution in [-0.4, -0.2) is 31.3 Å². The predicted molar refractivity (Wildman–Crippen MR) is 105 cm³/mol. The highest BCUT2D eigenvalue weighted by molar-refractivity contribution is 14.0. The Balaban J connectivity index is 0.00000288. The average molecular weight is 445 g/mol. The highest BCUT2D eigenvalue weighted by Gasteiger charge is 2.03. The summed E-state index contributed by atoms with van der Waals surface area (Å²) in [5, 5.41) is 16.2. The van der Waals surface area contributed by atoms with E-state index in [2.05, 4.69) is 15.6 Å². The van der Waals surface area contributed by atoms with Crippen molar-refractivity contribution in [2.75, 3.05) is 20.2 Å². The minimum Gasteiger partial charge on any atom is -0.504 e. The molecule has 1 aromatic heterocycles. The Morgan fingerprint density at radius 2 is 2.12 bits per heavy atom. The summed E-state index contributed by atoms with van der Waals surface area (Å²) in [5.41, 5.74) is 0.909. The van der Waals surface area contributed by atoms with Gasteiger partial charge >= 0.3 is 0 Å². The fourth-order valence-corrected chi connectivity index (χ4v) is 2.10. The van der Waals surface area contributed by atoms with Gasteiger partial charge < -0.3 is 24.9 Å². The zero-order chi connectivity index (χ0) is 16.5. The Bertz CT molecular complexity index is 630.